The molecule has 7 heteroatoms. The van der Waals surface area contributed by atoms with Crippen molar-refractivity contribution in [2.24, 2.45) is 0 Å². The SMILES string of the molecule is Cc1c(OPn2c3cccc4c3c3c(cccc32)C4)cc(C(C)(C)C)cc1C(C)(C)c1cc(C(C)(C)C)cc(OPC(C)(C)n2c3cccc4c3c3c(cccc32)CC4)c1O. The molecule has 2 aliphatic rings. The molecular weight excluding hydrogens is 787 g/mol. The molecule has 0 radical (unpaired) electrons. The molecule has 2 heterocycles. The minimum Gasteiger partial charge on any atom is -0.504 e. The molecule has 10 rings (SSSR count). The number of hydrogen-bond acceptors (Lipinski definition) is 3. The van der Waals surface area contributed by atoms with Crippen LogP contribution in [0.5, 0.6) is 17.2 Å². The molecule has 8 aromatic rings. The van der Waals surface area contributed by atoms with E-state index in [1.54, 1.807) is 0 Å². The van der Waals surface area contributed by atoms with Crippen LogP contribution in [0.15, 0.2) is 97.1 Å². The summed E-state index contributed by atoms with van der Waals surface area (Å²) in [4.78, 5) is 0. The van der Waals surface area contributed by atoms with Gasteiger partial charge in [-0.3, -0.25) is 4.34 Å². The Kier molecular flexibility index (Phi) is 9.14. The van der Waals surface area contributed by atoms with Crippen molar-refractivity contribution in [1.82, 2.24) is 8.90 Å². The van der Waals surface area contributed by atoms with Gasteiger partial charge in [-0.1, -0.05) is 116 Å². The largest absolute Gasteiger partial charge is 0.504 e. The highest BCUT2D eigenvalue weighted by Crippen LogP contribution is 2.52. The van der Waals surface area contributed by atoms with Gasteiger partial charge in [0.15, 0.2) is 20.5 Å². The van der Waals surface area contributed by atoms with Gasteiger partial charge in [-0.15, -0.1) is 0 Å². The first-order valence-electron chi connectivity index (χ1n) is 21.8. The molecule has 2 unspecified atom stereocenters. The zero-order chi connectivity index (χ0) is 43.0. The number of aryl methyl sites for hydroxylation is 2. The van der Waals surface area contributed by atoms with Crippen molar-refractivity contribution in [3.05, 3.63) is 147 Å². The van der Waals surface area contributed by atoms with Crippen molar-refractivity contribution < 1.29 is 14.2 Å². The Labute approximate surface area is 364 Å². The van der Waals surface area contributed by atoms with Gasteiger partial charge in [-0.2, -0.15) is 0 Å². The molecule has 61 heavy (non-hydrogen) atoms. The number of phenols is 1. The van der Waals surface area contributed by atoms with Crippen molar-refractivity contribution in [2.75, 3.05) is 0 Å². The molecule has 5 nitrogen and oxygen atoms in total. The van der Waals surface area contributed by atoms with Crippen molar-refractivity contribution >= 4 is 61.4 Å². The molecule has 0 saturated carbocycles. The van der Waals surface area contributed by atoms with Crippen molar-refractivity contribution in [3.8, 4) is 17.2 Å². The maximum absolute atomic E-state index is 12.5. The van der Waals surface area contributed by atoms with E-state index in [-0.39, 0.29) is 34.3 Å². The Bertz CT molecular complexity index is 2990. The third-order valence-corrected chi connectivity index (χ3v) is 15.8. The highest BCUT2D eigenvalue weighted by Gasteiger charge is 2.36. The highest BCUT2D eigenvalue weighted by atomic mass is 31.1. The highest BCUT2D eigenvalue weighted by molar-refractivity contribution is 7.34. The molecule has 0 bridgehead atoms. The van der Waals surface area contributed by atoms with Gasteiger partial charge in [0.05, 0.1) is 36.2 Å². The molecular formula is C54H58N2O3P2. The normalized spacial score (nSPS) is 14.5. The summed E-state index contributed by atoms with van der Waals surface area (Å²) in [6.45, 7) is 24.7. The van der Waals surface area contributed by atoms with Crippen LogP contribution in [0.4, 0.5) is 0 Å². The van der Waals surface area contributed by atoms with E-state index in [1.165, 1.54) is 71.4 Å². The average Bonchev–Trinajstić information content (AvgIpc) is 3.88. The van der Waals surface area contributed by atoms with Gasteiger partial charge in [-0.25, -0.2) is 0 Å². The van der Waals surface area contributed by atoms with Crippen LogP contribution in [0.25, 0.3) is 43.6 Å². The van der Waals surface area contributed by atoms with Crippen LogP contribution in [0.3, 0.4) is 0 Å². The molecule has 0 saturated heterocycles. The van der Waals surface area contributed by atoms with Crippen LogP contribution in [0, 0.1) is 6.92 Å². The second-order valence-corrected chi connectivity index (χ2v) is 23.2. The second-order valence-electron chi connectivity index (χ2n) is 20.7. The number of benzene rings is 6. The fourth-order valence-electron chi connectivity index (χ4n) is 10.3. The summed E-state index contributed by atoms with van der Waals surface area (Å²) in [6.07, 6.45) is 3.12. The standard InChI is InChI=1S/C54H58N2O3P2/c1-31-38(27-36(51(2,3)4)29-44(31)59-61-56-42-22-14-18-34-26-35-19-15-23-43(56)49(35)48(34)42)53(8,9)39-28-37(52(5,6)7)30-45(50(39)57)58-60-54(10,11)55-40-20-12-16-32-24-25-33-17-13-21-41(55)47(33)46(32)40/h12-23,27-30,57,60-61H,24-26H2,1-11H3. The third-order valence-electron chi connectivity index (χ3n) is 13.8. The lowest BCUT2D eigenvalue weighted by Crippen LogP contribution is -2.24. The summed E-state index contributed by atoms with van der Waals surface area (Å²) >= 11 is 0. The van der Waals surface area contributed by atoms with Crippen molar-refractivity contribution in [2.45, 2.75) is 117 Å². The average molecular weight is 845 g/mol. The number of aromatic hydroxyl groups is 1. The van der Waals surface area contributed by atoms with E-state index < -0.39 is 10.7 Å². The van der Waals surface area contributed by atoms with Crippen LogP contribution < -0.4 is 9.05 Å². The number of phenolic OH excluding ortho intramolecular Hbond substituents is 1. The zero-order valence-electron chi connectivity index (χ0n) is 37.5. The topological polar surface area (TPSA) is 48.5 Å². The molecule has 1 N–H and O–H groups in total. The summed E-state index contributed by atoms with van der Waals surface area (Å²) in [5, 5.41) is 17.6. The van der Waals surface area contributed by atoms with Crippen LogP contribution in [-0.2, 0) is 40.8 Å². The van der Waals surface area contributed by atoms with Gasteiger partial charge in [0.25, 0.3) is 0 Å². The van der Waals surface area contributed by atoms with Gasteiger partial charge >= 0.3 is 0 Å². The van der Waals surface area contributed by atoms with Gasteiger partial charge in [0.2, 0.25) is 0 Å². The first-order chi connectivity index (χ1) is 28.8. The monoisotopic (exact) mass is 844 g/mol. The quantitative estimate of drug-likeness (QED) is 0.147. The van der Waals surface area contributed by atoms with Gasteiger partial charge < -0.3 is 18.7 Å². The first kappa shape index (κ1) is 40.3. The Hall–Kier alpha value is -4.82. The fraction of sp³-hybridized carbons (Fsp3) is 0.333. The number of hydrogen-bond donors (Lipinski definition) is 1. The van der Waals surface area contributed by atoms with Crippen molar-refractivity contribution in [3.63, 3.8) is 0 Å². The van der Waals surface area contributed by atoms with E-state index in [0.29, 0.717) is 5.75 Å². The summed E-state index contributed by atoms with van der Waals surface area (Å²) in [5.41, 5.74) is 15.0. The molecule has 2 aromatic heterocycles. The van der Waals surface area contributed by atoms with E-state index in [1.807, 2.05) is 0 Å². The smallest absolute Gasteiger partial charge is 0.182 e. The van der Waals surface area contributed by atoms with Crippen LogP contribution in [0.2, 0.25) is 0 Å². The lowest BCUT2D eigenvalue weighted by molar-refractivity contribution is 0.420. The van der Waals surface area contributed by atoms with Gasteiger partial charge in [0, 0.05) is 32.5 Å². The van der Waals surface area contributed by atoms with Crippen LogP contribution in [-0.4, -0.2) is 14.0 Å². The molecule has 0 spiro atoms. The zero-order valence-corrected chi connectivity index (χ0v) is 39.5. The maximum Gasteiger partial charge on any atom is 0.182 e. The predicted molar refractivity (Wildman–Crippen MR) is 261 cm³/mol. The predicted octanol–water partition coefficient (Wildman–Crippen LogP) is 14.6. The molecule has 312 valence electrons. The van der Waals surface area contributed by atoms with Gasteiger partial charge in [-0.05, 0) is 132 Å². The Morgan fingerprint density at radius 3 is 1.52 bits per heavy atom. The summed E-state index contributed by atoms with van der Waals surface area (Å²) < 4.78 is 18.8. The van der Waals surface area contributed by atoms with E-state index in [9.17, 15) is 5.11 Å². The first-order valence-corrected chi connectivity index (χ1v) is 23.6. The van der Waals surface area contributed by atoms with E-state index in [4.69, 9.17) is 9.05 Å². The molecule has 0 amide bonds. The Morgan fingerprint density at radius 1 is 0.541 bits per heavy atom. The molecule has 2 aliphatic carbocycles. The third kappa shape index (κ3) is 6.32. The lowest BCUT2D eigenvalue weighted by Gasteiger charge is -2.34. The minimum absolute atomic E-state index is 0.0381. The van der Waals surface area contributed by atoms with Crippen LogP contribution >= 0.6 is 17.8 Å². The van der Waals surface area contributed by atoms with E-state index >= 15 is 0 Å². The number of nitrogens with zero attached hydrogens (tertiary/aromatic N) is 2. The Morgan fingerprint density at radius 2 is 1.00 bits per heavy atom. The lowest BCUT2D eigenvalue weighted by atomic mass is 9.72. The van der Waals surface area contributed by atoms with Crippen molar-refractivity contribution in [1.29, 1.82) is 0 Å². The summed E-state index contributed by atoms with van der Waals surface area (Å²) in [6, 6.07) is 35.7. The number of rotatable bonds is 9. The van der Waals surface area contributed by atoms with Gasteiger partial charge in [0.1, 0.15) is 5.75 Å². The molecule has 6 aromatic carbocycles. The summed E-state index contributed by atoms with van der Waals surface area (Å²) in [5.74, 6) is 1.60. The second kappa shape index (κ2) is 13.8. The molecule has 0 aliphatic heterocycles. The Balaban J connectivity index is 1.04. The molecule has 2 atom stereocenters. The maximum atomic E-state index is 12.5. The minimum atomic E-state index is -0.610. The fourth-order valence-corrected chi connectivity index (χ4v) is 12.1. The van der Waals surface area contributed by atoms with E-state index in [0.717, 1.165) is 47.3 Å². The summed E-state index contributed by atoms with van der Waals surface area (Å²) in [7, 11) is 0.104. The van der Waals surface area contributed by atoms with E-state index in [2.05, 4.69) is 182 Å². The number of aromatic nitrogens is 2. The van der Waals surface area contributed by atoms with Crippen LogP contribution in [0.1, 0.15) is 119 Å². The molecule has 0 fully saturated rings.